The zero-order valence-electron chi connectivity index (χ0n) is 26.5. The average Bonchev–Trinajstić information content (AvgIpc) is 3.89. The molecular weight excluding hydrogens is 621 g/mol. The third-order valence-electron chi connectivity index (χ3n) is 9.94. The summed E-state index contributed by atoms with van der Waals surface area (Å²) in [6, 6.07) is 21.6. The molecule has 10 heteroatoms. The lowest BCUT2D eigenvalue weighted by molar-refractivity contribution is -0.137. The zero-order valence-corrected chi connectivity index (χ0v) is 27.3. The molecule has 0 spiro atoms. The van der Waals surface area contributed by atoms with Crippen molar-refractivity contribution in [3.8, 4) is 11.3 Å². The Kier molecular flexibility index (Phi) is 9.04. The zero-order chi connectivity index (χ0) is 32.6. The Bertz CT molecular complexity index is 1730. The number of hydrogen-bond acceptors (Lipinski definition) is 6. The van der Waals surface area contributed by atoms with Crippen LogP contribution in [0.1, 0.15) is 52.7 Å². The van der Waals surface area contributed by atoms with Gasteiger partial charge in [0.2, 0.25) is 0 Å². The third kappa shape index (κ3) is 6.79. The number of ether oxygens (including phenoxy) is 1. The Balaban J connectivity index is 1.31. The molecule has 0 radical (unpaired) electrons. The van der Waals surface area contributed by atoms with Crippen molar-refractivity contribution < 1.29 is 22.7 Å². The van der Waals surface area contributed by atoms with E-state index in [1.165, 1.54) is 12.1 Å². The summed E-state index contributed by atoms with van der Waals surface area (Å²) in [5.74, 6) is -0.177. The van der Waals surface area contributed by atoms with Gasteiger partial charge in [0.1, 0.15) is 0 Å². The number of benzene rings is 3. The number of piperidine rings is 1. The highest BCUT2D eigenvalue weighted by atomic mass is 32.2. The predicted molar refractivity (Wildman–Crippen MR) is 179 cm³/mol. The minimum absolute atomic E-state index is 0.177. The minimum atomic E-state index is -4.45. The van der Waals surface area contributed by atoms with Crippen LogP contribution in [0.15, 0.2) is 77.7 Å². The van der Waals surface area contributed by atoms with E-state index in [-0.39, 0.29) is 5.91 Å². The molecule has 6 nitrogen and oxygen atoms in total. The van der Waals surface area contributed by atoms with Crippen LogP contribution < -0.4 is 5.32 Å². The second kappa shape index (κ2) is 13.2. The molecule has 1 saturated carbocycles. The van der Waals surface area contributed by atoms with Crippen LogP contribution in [0.2, 0.25) is 0 Å². The topological polar surface area (TPSA) is 57.7 Å². The number of nitrogens with zero attached hydrogens (tertiary/aromatic N) is 3. The molecule has 2 saturated heterocycles. The number of alkyl halides is 3. The van der Waals surface area contributed by atoms with Crippen LogP contribution >= 0.6 is 11.8 Å². The first-order valence-corrected chi connectivity index (χ1v) is 17.6. The van der Waals surface area contributed by atoms with Crippen molar-refractivity contribution in [2.24, 2.45) is 0 Å². The molecule has 2 aliphatic heterocycles. The van der Waals surface area contributed by atoms with Crippen LogP contribution in [0, 0.1) is 0 Å². The summed E-state index contributed by atoms with van der Waals surface area (Å²) in [7, 11) is 0. The van der Waals surface area contributed by atoms with Gasteiger partial charge in [0.25, 0.3) is 5.91 Å². The number of rotatable bonds is 8. The van der Waals surface area contributed by atoms with Gasteiger partial charge >= 0.3 is 6.18 Å². The van der Waals surface area contributed by atoms with E-state index in [1.807, 2.05) is 42.7 Å². The highest BCUT2D eigenvalue weighted by Crippen LogP contribution is 2.46. The van der Waals surface area contributed by atoms with Crippen molar-refractivity contribution in [2.75, 3.05) is 45.6 Å². The molecule has 3 heterocycles. The number of amides is 1. The van der Waals surface area contributed by atoms with Gasteiger partial charge in [-0.05, 0) is 80.9 Å². The van der Waals surface area contributed by atoms with E-state index in [1.54, 1.807) is 11.8 Å². The highest BCUT2D eigenvalue weighted by Gasteiger charge is 2.46. The number of morpholine rings is 1. The van der Waals surface area contributed by atoms with Gasteiger partial charge in [-0.3, -0.25) is 14.6 Å². The van der Waals surface area contributed by atoms with Crippen molar-refractivity contribution in [2.45, 2.75) is 54.9 Å². The lowest BCUT2D eigenvalue weighted by Gasteiger charge is -2.40. The molecule has 1 aromatic heterocycles. The van der Waals surface area contributed by atoms with E-state index < -0.39 is 17.3 Å². The van der Waals surface area contributed by atoms with Crippen LogP contribution in [0.25, 0.3) is 22.2 Å². The van der Waals surface area contributed by atoms with Gasteiger partial charge in [0.05, 0.1) is 41.1 Å². The van der Waals surface area contributed by atoms with Crippen LogP contribution in [-0.2, 0) is 23.0 Å². The van der Waals surface area contributed by atoms with Gasteiger partial charge in [-0.25, -0.2) is 4.98 Å². The monoisotopic (exact) mass is 660 g/mol. The Labute approximate surface area is 277 Å². The first kappa shape index (κ1) is 32.1. The number of carbonyl (C=O) groups is 1. The number of hydrogen-bond donors (Lipinski definition) is 1. The standard InChI is InChI=1S/C37H39F3N4O2S/c1-47-29-11-12-32-30(23-29)33(35(45)42-36(15-16-36)26-5-3-2-4-6-26)31(34(41-32)25-7-9-27(10-8-25)37(38,39)40)24-43-17-13-28(14-18-43)44-19-21-46-22-20-44/h2-12,23,28H,13-22,24H2,1H3,(H,42,45). The van der Waals surface area contributed by atoms with Gasteiger partial charge in [-0.2, -0.15) is 13.2 Å². The molecule has 7 rings (SSSR count). The predicted octanol–water partition coefficient (Wildman–Crippen LogP) is 7.36. The van der Waals surface area contributed by atoms with E-state index in [0.29, 0.717) is 34.9 Å². The smallest absolute Gasteiger partial charge is 0.379 e. The fourth-order valence-electron chi connectivity index (χ4n) is 7.13. The minimum Gasteiger partial charge on any atom is -0.379 e. The maximum absolute atomic E-state index is 14.6. The number of thioether (sulfide) groups is 1. The number of aromatic nitrogens is 1. The van der Waals surface area contributed by atoms with E-state index >= 15 is 0 Å². The maximum atomic E-state index is 14.6. The average molecular weight is 661 g/mol. The van der Waals surface area contributed by atoms with Gasteiger partial charge < -0.3 is 10.1 Å². The molecule has 4 aromatic rings. The van der Waals surface area contributed by atoms with E-state index in [2.05, 4.69) is 27.2 Å². The van der Waals surface area contributed by atoms with Gasteiger partial charge in [0.15, 0.2) is 0 Å². The molecule has 1 amide bonds. The summed E-state index contributed by atoms with van der Waals surface area (Å²) in [6.07, 6.45) is 1.26. The molecule has 0 atom stereocenters. The molecule has 1 aliphatic carbocycles. The fourth-order valence-corrected chi connectivity index (χ4v) is 7.57. The van der Waals surface area contributed by atoms with E-state index in [9.17, 15) is 18.0 Å². The molecule has 246 valence electrons. The van der Waals surface area contributed by atoms with Crippen LogP contribution in [0.5, 0.6) is 0 Å². The molecule has 0 bridgehead atoms. The number of fused-ring (bicyclic) bond motifs is 1. The normalized spacial score (nSPS) is 19.1. The summed E-state index contributed by atoms with van der Waals surface area (Å²) in [4.78, 5) is 25.6. The van der Waals surface area contributed by atoms with Crippen molar-refractivity contribution in [1.82, 2.24) is 20.1 Å². The Morgan fingerprint density at radius 2 is 1.68 bits per heavy atom. The molecule has 0 unspecified atom stereocenters. The molecule has 3 fully saturated rings. The Hall–Kier alpha value is -3.44. The Morgan fingerprint density at radius 3 is 2.32 bits per heavy atom. The molecular formula is C37H39F3N4O2S. The lowest BCUT2D eigenvalue weighted by atomic mass is 9.93. The second-order valence-corrected chi connectivity index (χ2v) is 13.7. The van der Waals surface area contributed by atoms with Gasteiger partial charge in [-0.1, -0.05) is 42.5 Å². The first-order valence-electron chi connectivity index (χ1n) is 16.3. The van der Waals surface area contributed by atoms with Crippen LogP contribution in [0.4, 0.5) is 13.2 Å². The molecule has 47 heavy (non-hydrogen) atoms. The van der Waals surface area contributed by atoms with Crippen molar-refractivity contribution >= 4 is 28.6 Å². The number of pyridine rings is 1. The molecule has 3 aromatic carbocycles. The van der Waals surface area contributed by atoms with E-state index in [4.69, 9.17) is 9.72 Å². The summed E-state index contributed by atoms with van der Waals surface area (Å²) in [5, 5.41) is 4.16. The molecule has 1 N–H and O–H groups in total. The second-order valence-electron chi connectivity index (χ2n) is 12.8. The summed E-state index contributed by atoms with van der Waals surface area (Å²) in [6.45, 7) is 5.60. The van der Waals surface area contributed by atoms with Crippen molar-refractivity contribution in [3.63, 3.8) is 0 Å². The number of carbonyl (C=O) groups excluding carboxylic acids is 1. The summed E-state index contributed by atoms with van der Waals surface area (Å²) >= 11 is 1.60. The third-order valence-corrected chi connectivity index (χ3v) is 10.7. The SMILES string of the molecule is CSc1ccc2nc(-c3ccc(C(F)(F)F)cc3)c(CN3CCC(N4CCOCC4)CC3)c(C(=O)NC3(c4ccccc4)CC3)c2c1. The summed E-state index contributed by atoms with van der Waals surface area (Å²) in [5.41, 5.74) is 2.98. The highest BCUT2D eigenvalue weighted by molar-refractivity contribution is 7.98. The maximum Gasteiger partial charge on any atom is 0.416 e. The number of halogens is 3. The van der Waals surface area contributed by atoms with Gasteiger partial charge in [-0.15, -0.1) is 11.8 Å². The number of nitrogens with one attached hydrogen (secondary N) is 1. The Morgan fingerprint density at radius 1 is 0.979 bits per heavy atom. The fraction of sp³-hybridized carbons (Fsp3) is 0.405. The quantitative estimate of drug-likeness (QED) is 0.200. The van der Waals surface area contributed by atoms with Crippen LogP contribution in [-0.4, -0.2) is 72.4 Å². The number of likely N-dealkylation sites (tertiary alicyclic amines) is 1. The lowest BCUT2D eigenvalue weighted by Crippen LogP contribution is -2.48. The van der Waals surface area contributed by atoms with Crippen molar-refractivity contribution in [1.29, 1.82) is 0 Å². The first-order chi connectivity index (χ1) is 22.7. The van der Waals surface area contributed by atoms with Gasteiger partial charge in [0, 0.05) is 47.1 Å². The molecule has 3 aliphatic rings. The van der Waals surface area contributed by atoms with E-state index in [0.717, 1.165) is 98.6 Å². The largest absolute Gasteiger partial charge is 0.416 e. The van der Waals surface area contributed by atoms with Crippen molar-refractivity contribution in [3.05, 3.63) is 95.1 Å². The van der Waals surface area contributed by atoms with Crippen LogP contribution in [0.3, 0.4) is 0 Å². The summed E-state index contributed by atoms with van der Waals surface area (Å²) < 4.78 is 46.2.